The van der Waals surface area contributed by atoms with E-state index in [-0.39, 0.29) is 30.3 Å². The molecule has 1 aromatic carbocycles. The summed E-state index contributed by atoms with van der Waals surface area (Å²) in [6.45, 7) is 2.42. The van der Waals surface area contributed by atoms with E-state index in [1.54, 1.807) is 12.4 Å². The Kier molecular flexibility index (Phi) is 4.92. The highest BCUT2D eigenvalue weighted by Gasteiger charge is 2.49. The highest BCUT2D eigenvalue weighted by Crippen LogP contribution is 2.40. The van der Waals surface area contributed by atoms with Crippen molar-refractivity contribution < 1.29 is 9.59 Å². The Morgan fingerprint density at radius 1 is 0.963 bits per heavy atom. The van der Waals surface area contributed by atoms with Gasteiger partial charge < -0.3 is 5.32 Å². The highest BCUT2D eigenvalue weighted by atomic mass is 16.2. The van der Waals surface area contributed by atoms with E-state index in [1.807, 2.05) is 24.3 Å². The Bertz CT molecular complexity index is 819. The van der Waals surface area contributed by atoms with E-state index in [0.717, 1.165) is 31.4 Å². The minimum Gasteiger partial charge on any atom is -0.367 e. The number of pyridine rings is 1. The first-order valence-electron chi connectivity index (χ1n) is 9.69. The molecule has 27 heavy (non-hydrogen) atoms. The number of likely N-dealkylation sites (tertiary alicyclic amines) is 1. The van der Waals surface area contributed by atoms with Crippen LogP contribution in [0.25, 0.3) is 0 Å². The molecule has 2 aromatic rings. The molecular formula is C22H25N3O2. The zero-order chi connectivity index (χ0) is 18.8. The maximum Gasteiger partial charge on any atom is 0.234 e. The Morgan fingerprint density at radius 2 is 1.63 bits per heavy atom. The number of anilines is 1. The van der Waals surface area contributed by atoms with Crippen LogP contribution in [-0.2, 0) is 16.0 Å². The number of rotatable bonds is 5. The first-order valence-corrected chi connectivity index (χ1v) is 9.69. The van der Waals surface area contributed by atoms with Gasteiger partial charge in [0.2, 0.25) is 11.8 Å². The minimum atomic E-state index is -0.106. The SMILES string of the molecule is C[C@H]1CC[C@H]2C(=O)N(CNc3ccc(Cc4ccncc4)cc3)C(=O)[C@@H]2C1. The van der Waals surface area contributed by atoms with Gasteiger partial charge in [0.05, 0.1) is 18.5 Å². The molecule has 1 saturated carbocycles. The van der Waals surface area contributed by atoms with E-state index in [2.05, 4.69) is 29.4 Å². The predicted molar refractivity (Wildman–Crippen MR) is 104 cm³/mol. The van der Waals surface area contributed by atoms with Gasteiger partial charge in [-0.25, -0.2) is 0 Å². The van der Waals surface area contributed by atoms with E-state index in [9.17, 15) is 9.59 Å². The number of carbonyl (C=O) groups is 2. The summed E-state index contributed by atoms with van der Waals surface area (Å²) in [5.41, 5.74) is 3.34. The fraction of sp³-hybridized carbons (Fsp3) is 0.409. The van der Waals surface area contributed by atoms with Crippen molar-refractivity contribution in [3.63, 3.8) is 0 Å². The van der Waals surface area contributed by atoms with Gasteiger partial charge in [0.15, 0.2) is 0 Å². The third kappa shape index (κ3) is 3.72. The molecule has 0 unspecified atom stereocenters. The lowest BCUT2D eigenvalue weighted by Gasteiger charge is -2.25. The molecule has 1 saturated heterocycles. The van der Waals surface area contributed by atoms with Crippen molar-refractivity contribution >= 4 is 17.5 Å². The van der Waals surface area contributed by atoms with Gasteiger partial charge in [-0.15, -0.1) is 0 Å². The van der Waals surface area contributed by atoms with Gasteiger partial charge in [-0.2, -0.15) is 0 Å². The van der Waals surface area contributed by atoms with Gasteiger partial charge in [0.1, 0.15) is 0 Å². The number of nitrogens with zero attached hydrogens (tertiary/aromatic N) is 2. The van der Waals surface area contributed by atoms with Crippen molar-refractivity contribution in [1.29, 1.82) is 0 Å². The summed E-state index contributed by atoms with van der Waals surface area (Å²) in [6.07, 6.45) is 7.18. The molecule has 2 fully saturated rings. The lowest BCUT2D eigenvalue weighted by molar-refractivity contribution is -0.139. The van der Waals surface area contributed by atoms with Crippen LogP contribution in [0.1, 0.15) is 37.3 Å². The van der Waals surface area contributed by atoms with Crippen LogP contribution >= 0.6 is 0 Å². The summed E-state index contributed by atoms with van der Waals surface area (Å²) in [5, 5.41) is 3.23. The van der Waals surface area contributed by atoms with Gasteiger partial charge in [0, 0.05) is 18.1 Å². The number of imide groups is 1. The standard InChI is InChI=1S/C22H25N3O2/c1-15-2-7-19-20(12-15)22(27)25(21(19)26)14-24-18-5-3-16(4-6-18)13-17-8-10-23-11-9-17/h3-6,8-11,15,19-20,24H,2,7,12-14H2,1H3/t15-,19+,20+/m0/s1. The van der Waals surface area contributed by atoms with Crippen molar-refractivity contribution in [2.75, 3.05) is 12.0 Å². The zero-order valence-corrected chi connectivity index (χ0v) is 15.6. The zero-order valence-electron chi connectivity index (χ0n) is 15.6. The van der Waals surface area contributed by atoms with Crippen LogP contribution in [0.4, 0.5) is 5.69 Å². The second kappa shape index (κ2) is 7.51. The summed E-state index contributed by atoms with van der Waals surface area (Å²) in [6, 6.07) is 12.1. The monoisotopic (exact) mass is 363 g/mol. The van der Waals surface area contributed by atoms with Crippen LogP contribution in [0.5, 0.6) is 0 Å². The molecule has 2 amide bonds. The van der Waals surface area contributed by atoms with Crippen molar-refractivity contribution in [2.45, 2.75) is 32.6 Å². The van der Waals surface area contributed by atoms with E-state index in [4.69, 9.17) is 0 Å². The lowest BCUT2D eigenvalue weighted by atomic mass is 9.76. The quantitative estimate of drug-likeness (QED) is 0.827. The third-order valence-electron chi connectivity index (χ3n) is 5.83. The van der Waals surface area contributed by atoms with Gasteiger partial charge in [-0.1, -0.05) is 19.1 Å². The van der Waals surface area contributed by atoms with Crippen LogP contribution in [0.3, 0.4) is 0 Å². The summed E-state index contributed by atoms with van der Waals surface area (Å²) >= 11 is 0. The smallest absolute Gasteiger partial charge is 0.234 e. The van der Waals surface area contributed by atoms with E-state index < -0.39 is 0 Å². The molecule has 0 bridgehead atoms. The Labute approximate surface area is 159 Å². The highest BCUT2D eigenvalue weighted by molar-refractivity contribution is 6.05. The minimum absolute atomic E-state index is 0.00120. The Hall–Kier alpha value is -2.69. The molecule has 1 aliphatic carbocycles. The number of aromatic nitrogens is 1. The maximum absolute atomic E-state index is 12.6. The topological polar surface area (TPSA) is 62.3 Å². The number of carbonyl (C=O) groups excluding carboxylic acids is 2. The number of fused-ring (bicyclic) bond motifs is 1. The van der Waals surface area contributed by atoms with Crippen molar-refractivity contribution in [2.24, 2.45) is 17.8 Å². The van der Waals surface area contributed by atoms with Gasteiger partial charge in [0.25, 0.3) is 0 Å². The average Bonchev–Trinajstić information content (AvgIpc) is 2.92. The Balaban J connectivity index is 1.36. The number of nitrogens with one attached hydrogen (secondary N) is 1. The van der Waals surface area contributed by atoms with Crippen LogP contribution < -0.4 is 5.32 Å². The molecular weight excluding hydrogens is 338 g/mol. The van der Waals surface area contributed by atoms with Crippen LogP contribution in [0.2, 0.25) is 0 Å². The average molecular weight is 363 g/mol. The molecule has 1 aromatic heterocycles. The van der Waals surface area contributed by atoms with E-state index in [0.29, 0.717) is 5.92 Å². The number of hydrogen-bond acceptors (Lipinski definition) is 4. The van der Waals surface area contributed by atoms with Crippen molar-refractivity contribution in [1.82, 2.24) is 9.88 Å². The lowest BCUT2D eigenvalue weighted by Crippen LogP contribution is -2.35. The molecule has 0 radical (unpaired) electrons. The normalized spacial score (nSPS) is 24.8. The molecule has 5 nitrogen and oxygen atoms in total. The molecule has 0 spiro atoms. The molecule has 140 valence electrons. The molecule has 3 atom stereocenters. The largest absolute Gasteiger partial charge is 0.367 e. The fourth-order valence-corrected chi connectivity index (χ4v) is 4.26. The molecule has 5 heteroatoms. The van der Waals surface area contributed by atoms with Gasteiger partial charge in [-0.05, 0) is 67.0 Å². The number of amides is 2. The second-order valence-corrected chi connectivity index (χ2v) is 7.80. The first-order chi connectivity index (χ1) is 13.1. The van der Waals surface area contributed by atoms with E-state index >= 15 is 0 Å². The van der Waals surface area contributed by atoms with Crippen molar-refractivity contribution in [3.05, 3.63) is 59.9 Å². The number of benzene rings is 1. The summed E-state index contributed by atoms with van der Waals surface area (Å²) < 4.78 is 0. The fourth-order valence-electron chi connectivity index (χ4n) is 4.26. The van der Waals surface area contributed by atoms with E-state index in [1.165, 1.54) is 16.0 Å². The van der Waals surface area contributed by atoms with Gasteiger partial charge in [-0.3, -0.25) is 19.5 Å². The predicted octanol–water partition coefficient (Wildman–Crippen LogP) is 3.46. The summed E-state index contributed by atoms with van der Waals surface area (Å²) in [5.74, 6) is 0.324. The van der Waals surface area contributed by atoms with Gasteiger partial charge >= 0.3 is 0 Å². The molecule has 1 aliphatic heterocycles. The summed E-state index contributed by atoms with van der Waals surface area (Å²) in [4.78, 5) is 30.7. The number of hydrogen-bond donors (Lipinski definition) is 1. The summed E-state index contributed by atoms with van der Waals surface area (Å²) in [7, 11) is 0. The maximum atomic E-state index is 12.6. The second-order valence-electron chi connectivity index (χ2n) is 7.80. The third-order valence-corrected chi connectivity index (χ3v) is 5.83. The Morgan fingerprint density at radius 3 is 2.37 bits per heavy atom. The van der Waals surface area contributed by atoms with Crippen LogP contribution in [-0.4, -0.2) is 28.4 Å². The molecule has 1 N–H and O–H groups in total. The molecule has 4 rings (SSSR count). The molecule has 2 heterocycles. The van der Waals surface area contributed by atoms with Crippen LogP contribution in [0.15, 0.2) is 48.8 Å². The van der Waals surface area contributed by atoms with Crippen molar-refractivity contribution in [3.8, 4) is 0 Å². The molecule has 2 aliphatic rings. The first kappa shape index (κ1) is 17.7. The van der Waals surface area contributed by atoms with Crippen LogP contribution in [0, 0.1) is 17.8 Å².